The third kappa shape index (κ3) is 2.09. The Morgan fingerprint density at radius 1 is 1.06 bits per heavy atom. The van der Waals surface area contributed by atoms with E-state index in [1.54, 1.807) is 6.07 Å². The molecule has 2 aromatic rings. The summed E-state index contributed by atoms with van der Waals surface area (Å²) in [5.74, 6) is -0.301. The Morgan fingerprint density at radius 2 is 1.81 bits per heavy atom. The zero-order chi connectivity index (χ0) is 11.4. The SMILES string of the molecule is N#CCc1cc(F)ccc1-c1ccccc1. The zero-order valence-electron chi connectivity index (χ0n) is 8.65. The Labute approximate surface area is 93.8 Å². The number of hydrogen-bond acceptors (Lipinski definition) is 1. The van der Waals surface area contributed by atoms with Gasteiger partial charge in [0.1, 0.15) is 5.82 Å². The standard InChI is InChI=1S/C14H10FN/c15-13-6-7-14(12(10-13)8-9-16)11-4-2-1-3-5-11/h1-7,10H,8H2. The lowest BCUT2D eigenvalue weighted by molar-refractivity contribution is 0.626. The molecule has 0 aliphatic carbocycles. The van der Waals surface area contributed by atoms with Crippen molar-refractivity contribution in [2.45, 2.75) is 6.42 Å². The van der Waals surface area contributed by atoms with Crippen LogP contribution in [0, 0.1) is 17.1 Å². The number of benzene rings is 2. The highest BCUT2D eigenvalue weighted by atomic mass is 19.1. The van der Waals surface area contributed by atoms with Crippen molar-refractivity contribution < 1.29 is 4.39 Å². The summed E-state index contributed by atoms with van der Waals surface area (Å²) >= 11 is 0. The van der Waals surface area contributed by atoms with Crippen LogP contribution in [0.4, 0.5) is 4.39 Å². The molecule has 0 saturated carbocycles. The van der Waals surface area contributed by atoms with Gasteiger partial charge >= 0.3 is 0 Å². The van der Waals surface area contributed by atoms with Gasteiger partial charge in [-0.3, -0.25) is 0 Å². The smallest absolute Gasteiger partial charge is 0.123 e. The summed E-state index contributed by atoms with van der Waals surface area (Å²) in [5, 5.41) is 8.71. The molecule has 16 heavy (non-hydrogen) atoms. The van der Waals surface area contributed by atoms with Gasteiger partial charge in [0.05, 0.1) is 12.5 Å². The molecule has 0 spiro atoms. The van der Waals surface area contributed by atoms with Crippen LogP contribution in [-0.4, -0.2) is 0 Å². The summed E-state index contributed by atoms with van der Waals surface area (Å²) in [6.45, 7) is 0. The van der Waals surface area contributed by atoms with Gasteiger partial charge in [0.15, 0.2) is 0 Å². The van der Waals surface area contributed by atoms with Gasteiger partial charge in [0.2, 0.25) is 0 Å². The fraction of sp³-hybridized carbons (Fsp3) is 0.0714. The molecule has 2 rings (SSSR count). The molecule has 0 fully saturated rings. The van der Waals surface area contributed by atoms with Gasteiger partial charge in [0, 0.05) is 0 Å². The highest BCUT2D eigenvalue weighted by molar-refractivity contribution is 5.67. The number of rotatable bonds is 2. The van der Waals surface area contributed by atoms with E-state index >= 15 is 0 Å². The summed E-state index contributed by atoms with van der Waals surface area (Å²) in [5.41, 5.74) is 2.66. The molecule has 1 nitrogen and oxygen atoms in total. The van der Waals surface area contributed by atoms with E-state index in [-0.39, 0.29) is 12.2 Å². The summed E-state index contributed by atoms with van der Waals surface area (Å²) < 4.78 is 13.1. The van der Waals surface area contributed by atoms with Gasteiger partial charge in [-0.15, -0.1) is 0 Å². The second-order valence-electron chi connectivity index (χ2n) is 3.50. The Kier molecular flexibility index (Phi) is 2.98. The van der Waals surface area contributed by atoms with Crippen molar-refractivity contribution in [1.82, 2.24) is 0 Å². The van der Waals surface area contributed by atoms with E-state index < -0.39 is 0 Å². The maximum Gasteiger partial charge on any atom is 0.123 e. The van der Waals surface area contributed by atoms with Crippen molar-refractivity contribution in [3.8, 4) is 17.2 Å². The number of nitrogens with zero attached hydrogens (tertiary/aromatic N) is 1. The van der Waals surface area contributed by atoms with Crippen LogP contribution in [0.3, 0.4) is 0 Å². The lowest BCUT2D eigenvalue weighted by atomic mass is 9.98. The minimum absolute atomic E-state index is 0.224. The normalized spacial score (nSPS) is 9.75. The second kappa shape index (κ2) is 4.59. The molecule has 0 N–H and O–H groups in total. The number of halogens is 1. The average Bonchev–Trinajstić information content (AvgIpc) is 2.31. The molecule has 0 aromatic heterocycles. The van der Waals surface area contributed by atoms with Gasteiger partial charge in [-0.1, -0.05) is 36.4 Å². The quantitative estimate of drug-likeness (QED) is 0.745. The fourth-order valence-corrected chi connectivity index (χ4v) is 1.69. The topological polar surface area (TPSA) is 23.8 Å². The van der Waals surface area contributed by atoms with E-state index in [1.165, 1.54) is 12.1 Å². The van der Waals surface area contributed by atoms with E-state index in [2.05, 4.69) is 6.07 Å². The van der Waals surface area contributed by atoms with Crippen molar-refractivity contribution in [1.29, 1.82) is 5.26 Å². The van der Waals surface area contributed by atoms with Crippen LogP contribution in [0.1, 0.15) is 5.56 Å². The third-order valence-corrected chi connectivity index (χ3v) is 2.42. The highest BCUT2D eigenvalue weighted by Gasteiger charge is 2.05. The molecule has 0 unspecified atom stereocenters. The zero-order valence-corrected chi connectivity index (χ0v) is 8.65. The van der Waals surface area contributed by atoms with Crippen molar-refractivity contribution in [3.05, 3.63) is 59.9 Å². The molecule has 0 radical (unpaired) electrons. The van der Waals surface area contributed by atoms with Crippen molar-refractivity contribution in [2.24, 2.45) is 0 Å². The molecule has 0 atom stereocenters. The van der Waals surface area contributed by atoms with E-state index in [9.17, 15) is 4.39 Å². The minimum atomic E-state index is -0.301. The second-order valence-corrected chi connectivity index (χ2v) is 3.50. The molecule has 0 amide bonds. The first-order valence-corrected chi connectivity index (χ1v) is 5.02. The summed E-state index contributed by atoms with van der Waals surface area (Å²) in [7, 11) is 0. The molecule has 2 heteroatoms. The van der Waals surface area contributed by atoms with Gasteiger partial charge in [-0.25, -0.2) is 4.39 Å². The van der Waals surface area contributed by atoms with Crippen molar-refractivity contribution >= 4 is 0 Å². The van der Waals surface area contributed by atoms with E-state index in [0.717, 1.165) is 16.7 Å². The average molecular weight is 211 g/mol. The minimum Gasteiger partial charge on any atom is -0.207 e. The lowest BCUT2D eigenvalue weighted by Crippen LogP contribution is -1.90. The molecular weight excluding hydrogens is 201 g/mol. The van der Waals surface area contributed by atoms with Crippen LogP contribution in [0.5, 0.6) is 0 Å². The summed E-state index contributed by atoms with van der Waals surface area (Å²) in [6, 6.07) is 16.3. The monoisotopic (exact) mass is 211 g/mol. The maximum absolute atomic E-state index is 13.1. The first-order valence-electron chi connectivity index (χ1n) is 5.02. The van der Waals surface area contributed by atoms with Gasteiger partial charge in [-0.2, -0.15) is 5.26 Å². The molecule has 0 aliphatic rings. The molecule has 78 valence electrons. The van der Waals surface area contributed by atoms with Crippen LogP contribution in [0.2, 0.25) is 0 Å². The molecule has 2 aromatic carbocycles. The molecule has 0 bridgehead atoms. The van der Waals surface area contributed by atoms with E-state index in [4.69, 9.17) is 5.26 Å². The van der Waals surface area contributed by atoms with Crippen LogP contribution in [0.15, 0.2) is 48.5 Å². The van der Waals surface area contributed by atoms with Gasteiger partial charge < -0.3 is 0 Å². The highest BCUT2D eigenvalue weighted by Crippen LogP contribution is 2.24. The largest absolute Gasteiger partial charge is 0.207 e. The van der Waals surface area contributed by atoms with Crippen LogP contribution in [0.25, 0.3) is 11.1 Å². The Hall–Kier alpha value is -2.14. The Balaban J connectivity index is 2.53. The first-order chi connectivity index (χ1) is 7.81. The third-order valence-electron chi connectivity index (χ3n) is 2.42. The number of hydrogen-bond donors (Lipinski definition) is 0. The predicted octanol–water partition coefficient (Wildman–Crippen LogP) is 3.56. The predicted molar refractivity (Wildman–Crippen MR) is 61.2 cm³/mol. The van der Waals surface area contributed by atoms with E-state index in [0.29, 0.717) is 0 Å². The van der Waals surface area contributed by atoms with Crippen LogP contribution >= 0.6 is 0 Å². The molecular formula is C14H10FN. The lowest BCUT2D eigenvalue weighted by Gasteiger charge is -2.06. The van der Waals surface area contributed by atoms with Crippen LogP contribution < -0.4 is 0 Å². The molecule has 0 saturated heterocycles. The first kappa shape index (κ1) is 10.4. The molecule has 0 heterocycles. The maximum atomic E-state index is 13.1. The summed E-state index contributed by atoms with van der Waals surface area (Å²) in [4.78, 5) is 0. The Bertz CT molecular complexity index is 526. The Morgan fingerprint density at radius 3 is 2.50 bits per heavy atom. The molecule has 0 aliphatic heterocycles. The summed E-state index contributed by atoms with van der Waals surface area (Å²) in [6.07, 6.45) is 0.224. The van der Waals surface area contributed by atoms with Crippen molar-refractivity contribution in [2.75, 3.05) is 0 Å². The van der Waals surface area contributed by atoms with Gasteiger partial charge in [0.25, 0.3) is 0 Å². The van der Waals surface area contributed by atoms with Crippen LogP contribution in [-0.2, 0) is 6.42 Å². The fourth-order valence-electron chi connectivity index (χ4n) is 1.69. The van der Waals surface area contributed by atoms with Crippen molar-refractivity contribution in [3.63, 3.8) is 0 Å². The van der Waals surface area contributed by atoms with Gasteiger partial charge in [-0.05, 0) is 28.8 Å². The van der Waals surface area contributed by atoms with E-state index in [1.807, 2.05) is 30.3 Å². The number of nitriles is 1.